The molecular formula is C24H30FNO5. The molecule has 2 unspecified atom stereocenters. The molecule has 2 rings (SSSR count). The third-order valence-electron chi connectivity index (χ3n) is 4.98. The van der Waals surface area contributed by atoms with Crippen LogP contribution in [0, 0.1) is 0 Å². The fraction of sp³-hybridized carbons (Fsp3) is 0.375. The van der Waals surface area contributed by atoms with Crippen LogP contribution in [0.3, 0.4) is 0 Å². The van der Waals surface area contributed by atoms with Crippen LogP contribution in [0.5, 0.6) is 11.5 Å². The van der Waals surface area contributed by atoms with Crippen molar-refractivity contribution in [2.24, 2.45) is 0 Å². The summed E-state index contributed by atoms with van der Waals surface area (Å²) in [4.78, 5) is 11.4. The van der Waals surface area contributed by atoms with Crippen LogP contribution >= 0.6 is 0 Å². The van der Waals surface area contributed by atoms with Crippen molar-refractivity contribution in [2.45, 2.75) is 31.5 Å². The molecule has 0 aliphatic carbocycles. The summed E-state index contributed by atoms with van der Waals surface area (Å²) in [7, 11) is 0. The lowest BCUT2D eigenvalue weighted by atomic mass is 9.78. The van der Waals surface area contributed by atoms with E-state index in [9.17, 15) is 14.3 Å². The van der Waals surface area contributed by atoms with Gasteiger partial charge in [-0.15, -0.1) is 0 Å². The Morgan fingerprint density at radius 1 is 1.00 bits per heavy atom. The number of aliphatic hydroxyl groups excluding tert-OH is 2. The SMILES string of the molecule is C=CC(=O)NC(CO)COc1ccc(C(C)(C)c2ccc(OCC(F)CO)cc2)cc1. The van der Waals surface area contributed by atoms with Gasteiger partial charge in [-0.2, -0.15) is 0 Å². The zero-order valence-corrected chi connectivity index (χ0v) is 17.9. The van der Waals surface area contributed by atoms with E-state index in [1.54, 1.807) is 12.1 Å². The monoisotopic (exact) mass is 431 g/mol. The summed E-state index contributed by atoms with van der Waals surface area (Å²) in [6, 6.07) is 14.5. The summed E-state index contributed by atoms with van der Waals surface area (Å²) >= 11 is 0. The van der Waals surface area contributed by atoms with Crippen molar-refractivity contribution < 1.29 is 28.9 Å². The number of hydrogen-bond donors (Lipinski definition) is 3. The number of aliphatic hydroxyl groups is 2. The van der Waals surface area contributed by atoms with Crippen molar-refractivity contribution in [3.8, 4) is 11.5 Å². The molecule has 2 atom stereocenters. The summed E-state index contributed by atoms with van der Waals surface area (Å²) in [6.07, 6.45) is -0.256. The number of rotatable bonds is 12. The Morgan fingerprint density at radius 2 is 1.48 bits per heavy atom. The number of alkyl halides is 1. The van der Waals surface area contributed by atoms with E-state index >= 15 is 0 Å². The molecular weight excluding hydrogens is 401 g/mol. The van der Waals surface area contributed by atoms with Gasteiger partial charge in [-0.3, -0.25) is 4.79 Å². The Bertz CT molecular complexity index is 836. The van der Waals surface area contributed by atoms with Gasteiger partial charge in [-0.1, -0.05) is 44.7 Å². The van der Waals surface area contributed by atoms with Gasteiger partial charge >= 0.3 is 0 Å². The first-order valence-electron chi connectivity index (χ1n) is 10.1. The maximum absolute atomic E-state index is 13.1. The maximum Gasteiger partial charge on any atom is 0.243 e. The summed E-state index contributed by atoms with van der Waals surface area (Å²) < 4.78 is 24.1. The number of benzene rings is 2. The second-order valence-corrected chi connectivity index (χ2v) is 7.67. The van der Waals surface area contributed by atoms with Crippen LogP contribution in [-0.2, 0) is 10.2 Å². The maximum atomic E-state index is 13.1. The fourth-order valence-corrected chi connectivity index (χ4v) is 2.94. The Balaban J connectivity index is 2.00. The topological polar surface area (TPSA) is 88.0 Å². The molecule has 0 saturated heterocycles. The van der Waals surface area contributed by atoms with E-state index < -0.39 is 18.8 Å². The molecule has 6 nitrogen and oxygen atoms in total. The van der Waals surface area contributed by atoms with Gasteiger partial charge in [0.2, 0.25) is 5.91 Å². The molecule has 0 spiro atoms. The highest BCUT2D eigenvalue weighted by Crippen LogP contribution is 2.33. The standard InChI is InChI=1S/C24H30FNO5/c1-4-23(29)26-20(14-28)16-31-22-11-7-18(8-12-22)24(2,3)17-5-9-21(10-6-17)30-15-19(25)13-27/h4-12,19-20,27-28H,1,13-16H2,2-3H3,(H,26,29). The summed E-state index contributed by atoms with van der Waals surface area (Å²) in [5.74, 6) is 0.801. The molecule has 0 aromatic heterocycles. The zero-order valence-electron chi connectivity index (χ0n) is 17.9. The smallest absolute Gasteiger partial charge is 0.243 e. The second kappa shape index (κ2) is 11.5. The van der Waals surface area contributed by atoms with E-state index in [2.05, 4.69) is 25.7 Å². The van der Waals surface area contributed by atoms with Crippen LogP contribution in [0.2, 0.25) is 0 Å². The van der Waals surface area contributed by atoms with Crippen LogP contribution in [0.25, 0.3) is 0 Å². The van der Waals surface area contributed by atoms with Crippen LogP contribution in [0.15, 0.2) is 61.2 Å². The molecule has 0 aliphatic heterocycles. The summed E-state index contributed by atoms with van der Waals surface area (Å²) in [5, 5.41) is 20.7. The van der Waals surface area contributed by atoms with Gasteiger partial charge in [0.25, 0.3) is 0 Å². The largest absolute Gasteiger partial charge is 0.491 e. The molecule has 168 valence electrons. The Kier molecular flexibility index (Phi) is 9.03. The van der Waals surface area contributed by atoms with E-state index in [1.165, 1.54) is 0 Å². The number of carbonyl (C=O) groups excluding carboxylic acids is 1. The van der Waals surface area contributed by atoms with Gasteiger partial charge in [-0.25, -0.2) is 4.39 Å². The van der Waals surface area contributed by atoms with Crippen molar-refractivity contribution in [3.63, 3.8) is 0 Å². The fourth-order valence-electron chi connectivity index (χ4n) is 2.94. The highest BCUT2D eigenvalue weighted by Gasteiger charge is 2.23. The predicted octanol–water partition coefficient (Wildman–Crippen LogP) is 2.76. The number of carbonyl (C=O) groups is 1. The average Bonchev–Trinajstić information content (AvgIpc) is 2.80. The number of hydrogen-bond acceptors (Lipinski definition) is 5. The van der Waals surface area contributed by atoms with Gasteiger partial charge in [0.1, 0.15) is 24.7 Å². The molecule has 2 aromatic rings. The number of ether oxygens (including phenoxy) is 2. The van der Waals surface area contributed by atoms with Crippen molar-refractivity contribution >= 4 is 5.91 Å². The van der Waals surface area contributed by atoms with E-state index in [1.807, 2.05) is 36.4 Å². The molecule has 0 bridgehead atoms. The summed E-state index contributed by atoms with van der Waals surface area (Å²) in [6.45, 7) is 6.72. The second-order valence-electron chi connectivity index (χ2n) is 7.67. The van der Waals surface area contributed by atoms with Crippen molar-refractivity contribution in [2.75, 3.05) is 26.4 Å². The zero-order chi connectivity index (χ0) is 22.9. The molecule has 31 heavy (non-hydrogen) atoms. The minimum absolute atomic E-state index is 0.135. The first-order chi connectivity index (χ1) is 14.8. The molecule has 7 heteroatoms. The number of amides is 1. The third-order valence-corrected chi connectivity index (χ3v) is 4.98. The van der Waals surface area contributed by atoms with Gasteiger partial charge in [-0.05, 0) is 41.5 Å². The minimum atomic E-state index is -1.40. The average molecular weight is 432 g/mol. The first-order valence-corrected chi connectivity index (χ1v) is 10.1. The van der Waals surface area contributed by atoms with Gasteiger partial charge in [0, 0.05) is 5.41 Å². The van der Waals surface area contributed by atoms with E-state index in [4.69, 9.17) is 14.6 Å². The third kappa shape index (κ3) is 7.08. The summed E-state index contributed by atoms with van der Waals surface area (Å²) in [5.41, 5.74) is 1.83. The quantitative estimate of drug-likeness (QED) is 0.450. The van der Waals surface area contributed by atoms with Gasteiger partial charge in [0.05, 0.1) is 19.3 Å². The first kappa shape index (κ1) is 24.4. The van der Waals surface area contributed by atoms with Crippen molar-refractivity contribution in [1.29, 1.82) is 0 Å². The van der Waals surface area contributed by atoms with Crippen LogP contribution in [-0.4, -0.2) is 54.8 Å². The molecule has 0 aliphatic rings. The van der Waals surface area contributed by atoms with Gasteiger partial charge in [0.15, 0.2) is 6.17 Å². The van der Waals surface area contributed by atoms with Crippen molar-refractivity contribution in [1.82, 2.24) is 5.32 Å². The molecule has 0 fully saturated rings. The highest BCUT2D eigenvalue weighted by atomic mass is 19.1. The van der Waals surface area contributed by atoms with Crippen molar-refractivity contribution in [3.05, 3.63) is 72.3 Å². The Labute approximate surface area is 182 Å². The van der Waals surface area contributed by atoms with E-state index in [-0.39, 0.29) is 31.1 Å². The molecule has 0 radical (unpaired) electrons. The van der Waals surface area contributed by atoms with E-state index in [0.717, 1.165) is 17.2 Å². The predicted molar refractivity (Wildman–Crippen MR) is 117 cm³/mol. The molecule has 2 aromatic carbocycles. The Morgan fingerprint density at radius 3 is 1.90 bits per heavy atom. The normalized spacial score (nSPS) is 13.2. The van der Waals surface area contributed by atoms with Gasteiger partial charge < -0.3 is 25.0 Å². The molecule has 0 saturated carbocycles. The lowest BCUT2D eigenvalue weighted by Crippen LogP contribution is -2.40. The molecule has 3 N–H and O–H groups in total. The number of halogens is 1. The molecule has 0 heterocycles. The molecule has 1 amide bonds. The highest BCUT2D eigenvalue weighted by molar-refractivity contribution is 5.87. The lowest BCUT2D eigenvalue weighted by Gasteiger charge is -2.26. The van der Waals surface area contributed by atoms with Crippen LogP contribution in [0.1, 0.15) is 25.0 Å². The lowest BCUT2D eigenvalue weighted by molar-refractivity contribution is -0.117. The van der Waals surface area contributed by atoms with E-state index in [0.29, 0.717) is 11.5 Å². The Hall–Kier alpha value is -2.90. The van der Waals surface area contributed by atoms with Crippen LogP contribution < -0.4 is 14.8 Å². The number of nitrogens with one attached hydrogen (secondary N) is 1. The minimum Gasteiger partial charge on any atom is -0.491 e. The van der Waals surface area contributed by atoms with Crippen LogP contribution in [0.4, 0.5) is 4.39 Å².